The van der Waals surface area contributed by atoms with Gasteiger partial charge in [0.2, 0.25) is 0 Å². The van der Waals surface area contributed by atoms with Crippen molar-refractivity contribution in [2.24, 2.45) is 5.92 Å². The summed E-state index contributed by atoms with van der Waals surface area (Å²) in [6, 6.07) is 11.7. The van der Waals surface area contributed by atoms with E-state index >= 15 is 0 Å². The van der Waals surface area contributed by atoms with Crippen molar-refractivity contribution in [3.05, 3.63) is 69.5 Å². The first-order valence-corrected chi connectivity index (χ1v) is 9.51. The van der Waals surface area contributed by atoms with E-state index in [9.17, 15) is 4.39 Å². The Morgan fingerprint density at radius 3 is 2.44 bits per heavy atom. The molecule has 2 aliphatic rings. The quantitative estimate of drug-likeness (QED) is 0.713. The fourth-order valence-corrected chi connectivity index (χ4v) is 4.75. The average Bonchev–Trinajstić information content (AvgIpc) is 2.66. The molecule has 0 spiro atoms. The number of nitriles is 1. The lowest BCUT2D eigenvalue weighted by Gasteiger charge is -2.31. The van der Waals surface area contributed by atoms with E-state index < -0.39 is 0 Å². The summed E-state index contributed by atoms with van der Waals surface area (Å²) in [7, 11) is 0. The zero-order chi connectivity index (χ0) is 17.4. The molecule has 1 nitrogen and oxygen atoms in total. The van der Waals surface area contributed by atoms with E-state index in [1.165, 1.54) is 31.2 Å². The van der Waals surface area contributed by atoms with Gasteiger partial charge < -0.3 is 0 Å². The van der Waals surface area contributed by atoms with Crippen LogP contribution in [0.25, 0.3) is 0 Å². The van der Waals surface area contributed by atoms with Gasteiger partial charge in [-0.25, -0.2) is 4.39 Å². The van der Waals surface area contributed by atoms with Crippen molar-refractivity contribution in [2.75, 3.05) is 0 Å². The fraction of sp³-hybridized carbons (Fsp3) is 0.435. The SMILES string of the molecule is CCC1CCc2c(ccc3c2CCC(c2ccc(C#N)c(F)c2)C3)C1. The van der Waals surface area contributed by atoms with Crippen LogP contribution in [-0.4, -0.2) is 0 Å². The summed E-state index contributed by atoms with van der Waals surface area (Å²) in [4.78, 5) is 0. The van der Waals surface area contributed by atoms with E-state index in [2.05, 4.69) is 19.1 Å². The molecule has 0 bridgehead atoms. The lowest BCUT2D eigenvalue weighted by molar-refractivity contribution is 0.441. The molecular formula is C23H24FN. The van der Waals surface area contributed by atoms with Crippen molar-refractivity contribution in [3.63, 3.8) is 0 Å². The third kappa shape index (κ3) is 2.97. The van der Waals surface area contributed by atoms with Gasteiger partial charge in [-0.1, -0.05) is 31.5 Å². The van der Waals surface area contributed by atoms with Crippen LogP contribution >= 0.6 is 0 Å². The zero-order valence-corrected chi connectivity index (χ0v) is 14.8. The van der Waals surface area contributed by atoms with E-state index in [1.807, 2.05) is 12.1 Å². The van der Waals surface area contributed by atoms with Crippen LogP contribution in [0, 0.1) is 23.1 Å². The second-order valence-electron chi connectivity index (χ2n) is 7.65. The van der Waals surface area contributed by atoms with Crippen LogP contribution in [0.1, 0.15) is 65.5 Å². The van der Waals surface area contributed by atoms with Crippen molar-refractivity contribution < 1.29 is 4.39 Å². The van der Waals surface area contributed by atoms with E-state index in [0.29, 0.717) is 5.92 Å². The van der Waals surface area contributed by atoms with Crippen LogP contribution in [0.2, 0.25) is 0 Å². The summed E-state index contributed by atoms with van der Waals surface area (Å²) < 4.78 is 14.0. The predicted octanol–water partition coefficient (Wildman–Crippen LogP) is 5.48. The summed E-state index contributed by atoms with van der Waals surface area (Å²) >= 11 is 0. The predicted molar refractivity (Wildman–Crippen MR) is 98.1 cm³/mol. The number of hydrogen-bond acceptors (Lipinski definition) is 1. The molecule has 0 heterocycles. The van der Waals surface area contributed by atoms with E-state index in [4.69, 9.17) is 5.26 Å². The molecule has 0 N–H and O–H groups in total. The number of nitrogens with zero attached hydrogens (tertiary/aromatic N) is 1. The van der Waals surface area contributed by atoms with Gasteiger partial charge in [0.25, 0.3) is 0 Å². The molecule has 0 saturated heterocycles. The third-order valence-electron chi connectivity index (χ3n) is 6.31. The molecule has 2 atom stereocenters. The van der Waals surface area contributed by atoms with Gasteiger partial charge in [-0.15, -0.1) is 0 Å². The highest BCUT2D eigenvalue weighted by Gasteiger charge is 2.26. The summed E-state index contributed by atoms with van der Waals surface area (Å²) in [5, 5.41) is 8.91. The Labute approximate surface area is 149 Å². The molecule has 2 aromatic carbocycles. The first-order valence-electron chi connectivity index (χ1n) is 9.51. The molecule has 0 amide bonds. The molecule has 2 aliphatic carbocycles. The van der Waals surface area contributed by atoms with Crippen molar-refractivity contribution in [1.82, 2.24) is 0 Å². The van der Waals surface area contributed by atoms with Crippen molar-refractivity contribution in [1.29, 1.82) is 5.26 Å². The summed E-state index contributed by atoms with van der Waals surface area (Å²) in [6.07, 6.45) is 8.24. The molecule has 25 heavy (non-hydrogen) atoms. The monoisotopic (exact) mass is 333 g/mol. The first kappa shape index (κ1) is 16.3. The van der Waals surface area contributed by atoms with Gasteiger partial charge in [0.15, 0.2) is 0 Å². The Hall–Kier alpha value is -2.14. The lowest BCUT2D eigenvalue weighted by atomic mass is 9.73. The van der Waals surface area contributed by atoms with Crippen LogP contribution in [0.5, 0.6) is 0 Å². The van der Waals surface area contributed by atoms with Gasteiger partial charge in [-0.3, -0.25) is 0 Å². The number of halogens is 1. The van der Waals surface area contributed by atoms with Gasteiger partial charge in [-0.05, 0) is 90.3 Å². The van der Waals surface area contributed by atoms with Crippen molar-refractivity contribution >= 4 is 0 Å². The van der Waals surface area contributed by atoms with E-state index in [1.54, 1.807) is 28.8 Å². The Bertz CT molecular complexity index is 846. The largest absolute Gasteiger partial charge is 0.206 e. The van der Waals surface area contributed by atoms with Gasteiger partial charge in [0.1, 0.15) is 11.9 Å². The molecule has 0 radical (unpaired) electrons. The van der Waals surface area contributed by atoms with Gasteiger partial charge in [-0.2, -0.15) is 5.26 Å². The van der Waals surface area contributed by atoms with Crippen LogP contribution in [0.3, 0.4) is 0 Å². The Morgan fingerprint density at radius 2 is 1.76 bits per heavy atom. The Morgan fingerprint density at radius 1 is 1.04 bits per heavy atom. The summed E-state index contributed by atoms with van der Waals surface area (Å²) in [6.45, 7) is 2.30. The minimum absolute atomic E-state index is 0.138. The Balaban J connectivity index is 1.60. The second kappa shape index (κ2) is 6.64. The molecule has 2 aromatic rings. The molecule has 128 valence electrons. The smallest absolute Gasteiger partial charge is 0.141 e. The fourth-order valence-electron chi connectivity index (χ4n) is 4.75. The van der Waals surface area contributed by atoms with Gasteiger partial charge in [0, 0.05) is 0 Å². The summed E-state index contributed by atoms with van der Waals surface area (Å²) in [5.74, 6) is 0.824. The van der Waals surface area contributed by atoms with Crippen molar-refractivity contribution in [3.8, 4) is 6.07 Å². The van der Waals surface area contributed by atoms with E-state index in [0.717, 1.165) is 30.7 Å². The maximum absolute atomic E-state index is 14.0. The number of hydrogen-bond donors (Lipinski definition) is 0. The highest BCUT2D eigenvalue weighted by molar-refractivity contribution is 5.46. The maximum atomic E-state index is 14.0. The van der Waals surface area contributed by atoms with Crippen molar-refractivity contribution in [2.45, 2.75) is 57.8 Å². The standard InChI is InChI=1S/C23H24FN/c1-2-15-3-9-21-18(11-15)5-6-19-12-16(8-10-22(19)21)17-4-7-20(14-25)23(24)13-17/h4-7,13,15-16H,2-3,8-12H2,1H3. The normalized spacial score (nSPS) is 22.0. The topological polar surface area (TPSA) is 23.8 Å². The minimum Gasteiger partial charge on any atom is -0.206 e. The molecule has 0 aliphatic heterocycles. The zero-order valence-electron chi connectivity index (χ0n) is 14.8. The van der Waals surface area contributed by atoms with E-state index in [-0.39, 0.29) is 11.4 Å². The third-order valence-corrected chi connectivity index (χ3v) is 6.31. The number of benzene rings is 2. The molecular weight excluding hydrogens is 309 g/mol. The molecule has 0 fully saturated rings. The lowest BCUT2D eigenvalue weighted by Crippen LogP contribution is -2.20. The van der Waals surface area contributed by atoms with Gasteiger partial charge >= 0.3 is 0 Å². The van der Waals surface area contributed by atoms with Crippen LogP contribution in [-0.2, 0) is 25.7 Å². The van der Waals surface area contributed by atoms with Crippen LogP contribution in [0.15, 0.2) is 30.3 Å². The number of rotatable bonds is 2. The van der Waals surface area contributed by atoms with Crippen LogP contribution < -0.4 is 0 Å². The highest BCUT2D eigenvalue weighted by Crippen LogP contribution is 2.38. The van der Waals surface area contributed by atoms with Gasteiger partial charge in [0.05, 0.1) is 5.56 Å². The number of fused-ring (bicyclic) bond motifs is 3. The molecule has 0 saturated carbocycles. The first-order chi connectivity index (χ1) is 12.2. The summed E-state index contributed by atoms with van der Waals surface area (Å²) in [5.41, 5.74) is 7.39. The Kier molecular flexibility index (Phi) is 4.34. The molecule has 4 rings (SSSR count). The minimum atomic E-state index is -0.387. The highest BCUT2D eigenvalue weighted by atomic mass is 19.1. The molecule has 0 aromatic heterocycles. The molecule has 2 unspecified atom stereocenters. The molecule has 2 heteroatoms. The maximum Gasteiger partial charge on any atom is 0.141 e. The second-order valence-corrected chi connectivity index (χ2v) is 7.65. The average molecular weight is 333 g/mol. The van der Waals surface area contributed by atoms with Crippen LogP contribution in [0.4, 0.5) is 4.39 Å².